The van der Waals surface area contributed by atoms with Gasteiger partial charge < -0.3 is 9.13 Å². The fourth-order valence-electron chi connectivity index (χ4n) is 11.7. The molecule has 0 aliphatic carbocycles. The Hall–Kier alpha value is -6.77. The van der Waals surface area contributed by atoms with Crippen LogP contribution in [0.5, 0.6) is 0 Å². The summed E-state index contributed by atoms with van der Waals surface area (Å²) in [5.41, 5.74) is 22.0. The van der Waals surface area contributed by atoms with Gasteiger partial charge in [0.1, 0.15) is 0 Å². The largest absolute Gasteiger partial charge is 0.310 e. The number of nitrogens with zero attached hydrogens (tertiary/aromatic N) is 2. The molecule has 2 nitrogen and oxygen atoms in total. The van der Waals surface area contributed by atoms with E-state index in [-0.39, 0.29) is 13.4 Å². The second kappa shape index (κ2) is 8.87. The summed E-state index contributed by atoms with van der Waals surface area (Å²) in [7, 11) is 0. The molecule has 0 bridgehead atoms. The van der Waals surface area contributed by atoms with Crippen molar-refractivity contribution in [2.24, 2.45) is 0 Å². The van der Waals surface area contributed by atoms with Crippen molar-refractivity contribution in [3.05, 3.63) is 158 Å². The highest BCUT2D eigenvalue weighted by Crippen LogP contribution is 2.44. The molecule has 54 heavy (non-hydrogen) atoms. The molecule has 2 aromatic heterocycles. The van der Waals surface area contributed by atoms with Gasteiger partial charge >= 0.3 is 0 Å². The van der Waals surface area contributed by atoms with E-state index in [1.165, 1.54) is 132 Å². The molecule has 0 unspecified atom stereocenters. The molecule has 242 valence electrons. The molecule has 9 aromatic carbocycles. The average Bonchev–Trinajstić information content (AvgIpc) is 3.96. The molecule has 0 fully saturated rings. The first-order valence-corrected chi connectivity index (χ1v) is 19.2. The van der Waals surface area contributed by atoms with Crippen LogP contribution < -0.4 is 32.8 Å². The number of rotatable bonds is 0. The number of hydrogen-bond acceptors (Lipinski definition) is 0. The van der Waals surface area contributed by atoms with Crippen molar-refractivity contribution in [3.63, 3.8) is 0 Å². The topological polar surface area (TPSA) is 9.86 Å². The van der Waals surface area contributed by atoms with Gasteiger partial charge in [0.2, 0.25) is 13.4 Å². The zero-order chi connectivity index (χ0) is 34.6. The molecule has 0 spiro atoms. The Morgan fingerprint density at radius 1 is 0.296 bits per heavy atom. The van der Waals surface area contributed by atoms with Gasteiger partial charge in [-0.25, -0.2) is 0 Å². The summed E-state index contributed by atoms with van der Waals surface area (Å²) in [4.78, 5) is 0. The van der Waals surface area contributed by atoms with Crippen LogP contribution in [0.2, 0.25) is 0 Å². The van der Waals surface area contributed by atoms with Gasteiger partial charge in [-0.3, -0.25) is 0 Å². The molecule has 0 amide bonds. The van der Waals surface area contributed by atoms with Crippen LogP contribution in [0, 0.1) is 0 Å². The number of fused-ring (bicyclic) bond motifs is 22. The molecule has 0 radical (unpaired) electrons. The summed E-state index contributed by atoms with van der Waals surface area (Å²) in [6.45, 7) is 0.307. The molecule has 11 aromatic rings. The molecule has 0 N–H and O–H groups in total. The van der Waals surface area contributed by atoms with Crippen molar-refractivity contribution in [3.8, 4) is 33.6 Å². The van der Waals surface area contributed by atoms with Crippen molar-refractivity contribution in [1.82, 2.24) is 9.13 Å². The van der Waals surface area contributed by atoms with E-state index < -0.39 is 0 Å². The third-order valence-electron chi connectivity index (χ3n) is 13.7. The van der Waals surface area contributed by atoms with Crippen molar-refractivity contribution < 1.29 is 0 Å². The van der Waals surface area contributed by atoms with Crippen molar-refractivity contribution in [1.29, 1.82) is 0 Å². The Morgan fingerprint density at radius 2 is 0.704 bits per heavy atom. The van der Waals surface area contributed by atoms with E-state index in [9.17, 15) is 0 Å². The highest BCUT2D eigenvalue weighted by atomic mass is 15.0. The predicted octanol–water partition coefficient (Wildman–Crippen LogP) is 7.81. The van der Waals surface area contributed by atoms with Crippen LogP contribution in [0.3, 0.4) is 0 Å². The SMILES string of the molecule is c1ccc2c(c1)B1c3cc4c(cc3-n3c5c1c-2ccc5c1ccc2ccccc2c13)B1c2ccccc2-c2ccc3c5ccc6ccccc6c5n-4c3c21. The van der Waals surface area contributed by atoms with E-state index in [1.807, 2.05) is 0 Å². The molecular formula is C50H26B2N2. The molecule has 6 heterocycles. The van der Waals surface area contributed by atoms with Crippen LogP contribution in [-0.4, -0.2) is 22.6 Å². The van der Waals surface area contributed by atoms with Gasteiger partial charge in [0.05, 0.1) is 11.0 Å². The minimum Gasteiger partial charge on any atom is -0.310 e. The summed E-state index contributed by atoms with van der Waals surface area (Å²) >= 11 is 0. The van der Waals surface area contributed by atoms with Crippen molar-refractivity contribution in [2.75, 3.05) is 0 Å². The minimum atomic E-state index is 0.154. The van der Waals surface area contributed by atoms with Crippen LogP contribution in [0.25, 0.3) is 98.8 Å². The van der Waals surface area contributed by atoms with Gasteiger partial charge in [0.15, 0.2) is 0 Å². The quantitative estimate of drug-likeness (QED) is 0.145. The summed E-state index contributed by atoms with van der Waals surface area (Å²) in [5.74, 6) is 0. The lowest BCUT2D eigenvalue weighted by atomic mass is 9.35. The Morgan fingerprint density at radius 3 is 1.20 bits per heavy atom. The Labute approximate surface area is 310 Å². The molecule has 0 saturated carbocycles. The molecular weight excluding hydrogens is 650 g/mol. The van der Waals surface area contributed by atoms with Crippen LogP contribution in [-0.2, 0) is 0 Å². The third-order valence-corrected chi connectivity index (χ3v) is 13.7. The fourth-order valence-corrected chi connectivity index (χ4v) is 11.7. The predicted molar refractivity (Wildman–Crippen MR) is 230 cm³/mol. The van der Waals surface area contributed by atoms with E-state index in [2.05, 4.69) is 167 Å². The molecule has 4 heteroatoms. The standard InChI is InChI=1S/C50H26B2N2/c1-3-11-29-27(9-1)17-19-35-37-23-21-33-31-13-5-7-15-39(31)51-41-26-44-42(25-43(41)53(47(29)35)49(37)45(33)51)52-40-16-8-6-14-32(40)34-22-24-38-36-20-18-28-10-2-4-12-30(28)48(36)54(44)50(38)46(34)52/h1-26H. The molecule has 15 rings (SSSR count). The van der Waals surface area contributed by atoms with Gasteiger partial charge in [-0.05, 0) is 67.0 Å². The van der Waals surface area contributed by atoms with Gasteiger partial charge in [-0.1, -0.05) is 157 Å². The maximum Gasteiger partial charge on any atom is 0.248 e. The fraction of sp³-hybridized carbons (Fsp3) is 0. The van der Waals surface area contributed by atoms with Crippen LogP contribution in [0.15, 0.2) is 158 Å². The van der Waals surface area contributed by atoms with Crippen LogP contribution >= 0.6 is 0 Å². The second-order valence-electron chi connectivity index (χ2n) is 15.9. The van der Waals surface area contributed by atoms with Crippen LogP contribution in [0.4, 0.5) is 0 Å². The zero-order valence-corrected chi connectivity index (χ0v) is 29.1. The smallest absolute Gasteiger partial charge is 0.248 e. The Balaban J connectivity index is 1.19. The second-order valence-corrected chi connectivity index (χ2v) is 15.9. The lowest BCUT2D eigenvalue weighted by Gasteiger charge is -2.31. The molecule has 0 saturated heterocycles. The third kappa shape index (κ3) is 2.82. The number of aromatic nitrogens is 2. The van der Waals surface area contributed by atoms with E-state index in [4.69, 9.17) is 0 Å². The summed E-state index contributed by atoms with van der Waals surface area (Å²) in [5, 5.41) is 10.5. The van der Waals surface area contributed by atoms with Crippen molar-refractivity contribution >= 4 is 111 Å². The highest BCUT2D eigenvalue weighted by Gasteiger charge is 2.45. The lowest BCUT2D eigenvalue weighted by Crippen LogP contribution is -2.57. The summed E-state index contributed by atoms with van der Waals surface area (Å²) in [6, 6.07) is 60.5. The van der Waals surface area contributed by atoms with Gasteiger partial charge in [-0.15, -0.1) is 0 Å². The minimum absolute atomic E-state index is 0.154. The molecule has 0 atom stereocenters. The van der Waals surface area contributed by atoms with Gasteiger partial charge in [0.25, 0.3) is 0 Å². The number of hydrogen-bond donors (Lipinski definition) is 0. The summed E-state index contributed by atoms with van der Waals surface area (Å²) in [6.07, 6.45) is 0. The molecule has 4 aliphatic heterocycles. The Bertz CT molecular complexity index is 3400. The first-order valence-electron chi connectivity index (χ1n) is 19.2. The van der Waals surface area contributed by atoms with Gasteiger partial charge in [-0.2, -0.15) is 0 Å². The first-order chi connectivity index (χ1) is 26.8. The van der Waals surface area contributed by atoms with Crippen molar-refractivity contribution in [2.45, 2.75) is 0 Å². The van der Waals surface area contributed by atoms with E-state index in [0.717, 1.165) is 0 Å². The van der Waals surface area contributed by atoms with Gasteiger partial charge in [0, 0.05) is 54.7 Å². The van der Waals surface area contributed by atoms with Crippen LogP contribution in [0.1, 0.15) is 0 Å². The average molecular weight is 676 g/mol. The monoisotopic (exact) mass is 676 g/mol. The van der Waals surface area contributed by atoms with E-state index in [0.29, 0.717) is 0 Å². The molecule has 4 aliphatic rings. The normalized spacial score (nSPS) is 13.9. The zero-order valence-electron chi connectivity index (χ0n) is 29.1. The maximum atomic E-state index is 2.67. The lowest BCUT2D eigenvalue weighted by molar-refractivity contribution is 1.17. The summed E-state index contributed by atoms with van der Waals surface area (Å²) < 4.78 is 5.34. The Kier molecular flexibility index (Phi) is 4.42. The highest BCUT2D eigenvalue weighted by molar-refractivity contribution is 7.03. The van der Waals surface area contributed by atoms with E-state index >= 15 is 0 Å². The van der Waals surface area contributed by atoms with E-state index in [1.54, 1.807) is 0 Å². The first kappa shape index (κ1) is 26.9. The maximum absolute atomic E-state index is 2.67. The number of benzene rings is 9.